The molecule has 1 amide bonds. The van der Waals surface area contributed by atoms with Crippen LogP contribution in [0.1, 0.15) is 37.9 Å². The first-order chi connectivity index (χ1) is 11.1. The monoisotopic (exact) mass is 349 g/mol. The van der Waals surface area contributed by atoms with Crippen LogP contribution in [0.15, 0.2) is 34.7 Å². The molecule has 1 atom stereocenters. The largest absolute Gasteiger partial charge is 0.388 e. The molecule has 0 bridgehead atoms. The van der Waals surface area contributed by atoms with Crippen LogP contribution in [-0.4, -0.2) is 33.0 Å². The van der Waals surface area contributed by atoms with Gasteiger partial charge in [-0.3, -0.25) is 9.69 Å². The number of aliphatic hydroxyl groups excluding tert-OH is 1. The molecule has 1 N–H and O–H groups in total. The van der Waals surface area contributed by atoms with E-state index in [1.807, 2.05) is 30.3 Å². The highest BCUT2D eigenvalue weighted by atomic mass is 32.2. The van der Waals surface area contributed by atoms with Crippen LogP contribution in [-0.2, 0) is 4.79 Å². The Bertz CT molecular complexity index is 658. The van der Waals surface area contributed by atoms with Gasteiger partial charge in [0.15, 0.2) is 4.34 Å². The molecule has 3 rings (SSSR count). The lowest BCUT2D eigenvalue weighted by Crippen LogP contribution is -2.30. The number of hydrogen-bond donors (Lipinski definition) is 1. The Hall–Kier alpha value is -1.44. The summed E-state index contributed by atoms with van der Waals surface area (Å²) in [5, 5.41) is 19.1. The van der Waals surface area contributed by atoms with Crippen molar-refractivity contribution < 1.29 is 9.90 Å². The molecule has 1 fully saturated rings. The highest BCUT2D eigenvalue weighted by Gasteiger charge is 2.34. The summed E-state index contributed by atoms with van der Waals surface area (Å²) in [7, 11) is 0. The molecule has 23 heavy (non-hydrogen) atoms. The second kappa shape index (κ2) is 7.42. The first-order valence-electron chi connectivity index (χ1n) is 7.64. The zero-order valence-electron chi connectivity index (χ0n) is 12.9. The molecule has 1 aliphatic rings. The molecular formula is C16H19N3O2S2. The number of aromatic nitrogens is 2. The smallest absolute Gasteiger partial charge is 0.225 e. The summed E-state index contributed by atoms with van der Waals surface area (Å²) in [6.07, 6.45) is 2.29. The molecule has 7 heteroatoms. The third-order valence-corrected chi connectivity index (χ3v) is 5.74. The van der Waals surface area contributed by atoms with Crippen molar-refractivity contribution in [3.8, 4) is 0 Å². The summed E-state index contributed by atoms with van der Waals surface area (Å²) in [6, 6.07) is 9.96. The Kier molecular flexibility index (Phi) is 5.30. The van der Waals surface area contributed by atoms with Gasteiger partial charge in [0, 0.05) is 18.7 Å². The molecule has 0 spiro atoms. The maximum Gasteiger partial charge on any atom is 0.225 e. The summed E-state index contributed by atoms with van der Waals surface area (Å²) in [4.78, 5) is 13.5. The van der Waals surface area contributed by atoms with Gasteiger partial charge in [-0.1, -0.05) is 53.4 Å². The highest BCUT2D eigenvalue weighted by Crippen LogP contribution is 2.36. The maximum absolute atomic E-state index is 11.7. The molecular weight excluding hydrogens is 330 g/mol. The van der Waals surface area contributed by atoms with Crippen molar-refractivity contribution in [2.45, 2.75) is 42.7 Å². The molecule has 0 radical (unpaired) electrons. The minimum absolute atomic E-state index is 0.0275. The number of anilines is 1. The van der Waals surface area contributed by atoms with Gasteiger partial charge >= 0.3 is 0 Å². The maximum atomic E-state index is 11.7. The molecule has 1 unspecified atom stereocenters. The molecule has 1 aromatic carbocycles. The zero-order chi connectivity index (χ0) is 16.2. The molecule has 1 heterocycles. The zero-order valence-corrected chi connectivity index (χ0v) is 14.5. The number of benzene rings is 1. The fraction of sp³-hybridized carbons (Fsp3) is 0.438. The van der Waals surface area contributed by atoms with Crippen molar-refractivity contribution in [2.75, 3.05) is 10.7 Å². The van der Waals surface area contributed by atoms with Crippen LogP contribution in [0.2, 0.25) is 0 Å². The van der Waals surface area contributed by atoms with Gasteiger partial charge in [0.05, 0.1) is 6.10 Å². The first-order valence-corrected chi connectivity index (χ1v) is 9.44. The van der Waals surface area contributed by atoms with Gasteiger partial charge in [-0.25, -0.2) is 0 Å². The van der Waals surface area contributed by atoms with Crippen molar-refractivity contribution in [1.29, 1.82) is 0 Å². The van der Waals surface area contributed by atoms with Crippen LogP contribution in [0.25, 0.3) is 0 Å². The lowest BCUT2D eigenvalue weighted by atomic mass is 10.1. The fourth-order valence-corrected chi connectivity index (χ4v) is 4.36. The molecule has 0 saturated heterocycles. The second-order valence-electron chi connectivity index (χ2n) is 5.53. The third kappa shape index (κ3) is 4.31. The lowest BCUT2D eigenvalue weighted by molar-refractivity contribution is -0.116. The topological polar surface area (TPSA) is 66.3 Å². The Morgan fingerprint density at radius 1 is 1.39 bits per heavy atom. The van der Waals surface area contributed by atoms with Crippen molar-refractivity contribution in [3.63, 3.8) is 0 Å². The number of carbonyl (C=O) groups excluding carboxylic acids is 1. The van der Waals surface area contributed by atoms with Gasteiger partial charge in [0.25, 0.3) is 0 Å². The molecule has 122 valence electrons. The number of nitrogens with zero attached hydrogens (tertiary/aromatic N) is 3. The van der Waals surface area contributed by atoms with Gasteiger partial charge in [-0.05, 0) is 24.8 Å². The van der Waals surface area contributed by atoms with E-state index in [1.54, 1.807) is 23.6 Å². The van der Waals surface area contributed by atoms with E-state index in [1.165, 1.54) is 11.3 Å². The summed E-state index contributed by atoms with van der Waals surface area (Å²) < 4.78 is 0.840. The van der Waals surface area contributed by atoms with E-state index in [2.05, 4.69) is 10.2 Å². The number of aliphatic hydroxyl groups is 1. The predicted octanol–water partition coefficient (Wildman–Crippen LogP) is 3.27. The molecule has 1 aliphatic carbocycles. The Balaban J connectivity index is 1.52. The van der Waals surface area contributed by atoms with Gasteiger partial charge in [0.2, 0.25) is 11.0 Å². The SMILES string of the molecule is CC(=O)N(c1nnc(SCCC(O)c2ccccc2)s1)C1CC1. The number of carbonyl (C=O) groups is 1. The first kappa shape index (κ1) is 16.4. The average molecular weight is 349 g/mol. The van der Waals surface area contributed by atoms with Crippen molar-refractivity contribution >= 4 is 34.1 Å². The molecule has 0 aliphatic heterocycles. The van der Waals surface area contributed by atoms with Gasteiger partial charge in [0.1, 0.15) is 0 Å². The Labute approximate surface area is 143 Å². The molecule has 1 saturated carbocycles. The number of amides is 1. The van der Waals surface area contributed by atoms with E-state index in [4.69, 9.17) is 0 Å². The van der Waals surface area contributed by atoms with E-state index in [0.29, 0.717) is 17.6 Å². The predicted molar refractivity (Wildman–Crippen MR) is 92.8 cm³/mol. The van der Waals surface area contributed by atoms with E-state index in [-0.39, 0.29) is 5.91 Å². The third-order valence-electron chi connectivity index (χ3n) is 3.65. The fourth-order valence-electron chi connectivity index (χ4n) is 2.34. The summed E-state index contributed by atoms with van der Waals surface area (Å²) in [6.45, 7) is 1.57. The van der Waals surface area contributed by atoms with E-state index < -0.39 is 6.10 Å². The van der Waals surface area contributed by atoms with Gasteiger partial charge in [-0.15, -0.1) is 10.2 Å². The van der Waals surface area contributed by atoms with Crippen LogP contribution < -0.4 is 4.90 Å². The van der Waals surface area contributed by atoms with Crippen LogP contribution in [0.4, 0.5) is 5.13 Å². The van der Waals surface area contributed by atoms with Crippen molar-refractivity contribution in [2.24, 2.45) is 0 Å². The van der Waals surface area contributed by atoms with Crippen molar-refractivity contribution in [1.82, 2.24) is 10.2 Å². The number of thioether (sulfide) groups is 1. The highest BCUT2D eigenvalue weighted by molar-refractivity contribution is 8.01. The second-order valence-corrected chi connectivity index (χ2v) is 7.83. The lowest BCUT2D eigenvalue weighted by Gasteiger charge is -2.15. The average Bonchev–Trinajstić information content (AvgIpc) is 3.27. The number of rotatable bonds is 7. The normalized spacial score (nSPS) is 15.4. The summed E-state index contributed by atoms with van der Waals surface area (Å²) in [5.41, 5.74) is 0.933. The van der Waals surface area contributed by atoms with Crippen LogP contribution in [0, 0.1) is 0 Å². The van der Waals surface area contributed by atoms with Gasteiger partial charge < -0.3 is 5.11 Å². The standard InChI is InChI=1S/C16H19N3O2S2/c1-11(20)19(13-7-8-13)15-17-18-16(23-15)22-10-9-14(21)12-5-3-2-4-6-12/h2-6,13-14,21H,7-10H2,1H3. The Morgan fingerprint density at radius 2 is 2.13 bits per heavy atom. The minimum atomic E-state index is -0.462. The van der Waals surface area contributed by atoms with Crippen molar-refractivity contribution in [3.05, 3.63) is 35.9 Å². The van der Waals surface area contributed by atoms with Crippen LogP contribution in [0.5, 0.6) is 0 Å². The summed E-state index contributed by atoms with van der Waals surface area (Å²) in [5.74, 6) is 0.786. The molecule has 1 aromatic heterocycles. The van der Waals surface area contributed by atoms with Crippen LogP contribution >= 0.6 is 23.1 Å². The quantitative estimate of drug-likeness (QED) is 0.614. The van der Waals surface area contributed by atoms with Gasteiger partial charge in [-0.2, -0.15) is 0 Å². The molecule has 2 aromatic rings. The summed E-state index contributed by atoms with van der Waals surface area (Å²) >= 11 is 3.02. The van der Waals surface area contributed by atoms with E-state index in [0.717, 1.165) is 28.5 Å². The van der Waals surface area contributed by atoms with E-state index in [9.17, 15) is 9.90 Å². The van der Waals surface area contributed by atoms with E-state index >= 15 is 0 Å². The minimum Gasteiger partial charge on any atom is -0.388 e. The van der Waals surface area contributed by atoms with Crippen LogP contribution in [0.3, 0.4) is 0 Å². The molecule has 5 nitrogen and oxygen atoms in total. The Morgan fingerprint density at radius 3 is 2.78 bits per heavy atom. The number of hydrogen-bond acceptors (Lipinski definition) is 6.